The van der Waals surface area contributed by atoms with Gasteiger partial charge in [0.05, 0.1) is 11.4 Å². The molecule has 0 saturated heterocycles. The molecule has 3 nitrogen and oxygen atoms in total. The van der Waals surface area contributed by atoms with E-state index in [1.54, 1.807) is 0 Å². The van der Waals surface area contributed by atoms with Gasteiger partial charge in [0.25, 0.3) is 0 Å². The Morgan fingerprint density at radius 3 is 2.52 bits per heavy atom. The van der Waals surface area contributed by atoms with E-state index in [4.69, 9.17) is 5.73 Å². The molecule has 3 rings (SSSR count). The first-order valence-electron chi connectivity index (χ1n) is 7.04. The van der Waals surface area contributed by atoms with Gasteiger partial charge in [0.15, 0.2) is 0 Å². The number of nitrogens with two attached hydrogens (primary N) is 1. The van der Waals surface area contributed by atoms with Crippen LogP contribution in [0.5, 0.6) is 0 Å². The lowest BCUT2D eigenvalue weighted by atomic mass is 10.1. The van der Waals surface area contributed by atoms with Crippen LogP contribution in [0.3, 0.4) is 0 Å². The zero-order chi connectivity index (χ0) is 15.0. The maximum absolute atomic E-state index is 6.19. The highest BCUT2D eigenvalue weighted by Gasteiger charge is 2.27. The number of anilines is 1. The smallest absolute Gasteiger partial charge is 0.113 e. The van der Waals surface area contributed by atoms with Gasteiger partial charge >= 0.3 is 0 Å². The predicted octanol–water partition coefficient (Wildman–Crippen LogP) is 3.59. The van der Waals surface area contributed by atoms with E-state index in [0.29, 0.717) is 0 Å². The number of fused-ring (bicyclic) bond motifs is 1. The Morgan fingerprint density at radius 1 is 1.19 bits per heavy atom. The van der Waals surface area contributed by atoms with Gasteiger partial charge in [-0.3, -0.25) is 0 Å². The minimum absolute atomic E-state index is 0.0931. The summed E-state index contributed by atoms with van der Waals surface area (Å²) in [5.74, 6) is 0. The van der Waals surface area contributed by atoms with Gasteiger partial charge in [-0.25, -0.2) is 0 Å². The minimum atomic E-state index is -0.0931. The molecule has 0 aliphatic carbocycles. The third-order valence-corrected chi connectivity index (χ3v) is 3.74. The Bertz CT molecular complexity index is 744. The molecule has 1 unspecified atom stereocenters. The van der Waals surface area contributed by atoms with Crippen LogP contribution in [0, 0.1) is 6.92 Å². The molecule has 2 N–H and O–H groups in total. The summed E-state index contributed by atoms with van der Waals surface area (Å²) in [5, 5.41) is 0. The van der Waals surface area contributed by atoms with E-state index in [-0.39, 0.29) is 6.04 Å². The molecule has 1 aliphatic rings. The van der Waals surface area contributed by atoms with Crippen molar-refractivity contribution in [1.29, 1.82) is 0 Å². The van der Waals surface area contributed by atoms with Crippen molar-refractivity contribution in [3.63, 3.8) is 0 Å². The van der Waals surface area contributed by atoms with Crippen molar-refractivity contribution in [3.8, 4) is 0 Å². The van der Waals surface area contributed by atoms with E-state index in [9.17, 15) is 0 Å². The van der Waals surface area contributed by atoms with E-state index in [1.807, 2.05) is 31.3 Å². The summed E-state index contributed by atoms with van der Waals surface area (Å²) in [5.41, 5.74) is 14.6. The fourth-order valence-corrected chi connectivity index (χ4v) is 2.74. The van der Waals surface area contributed by atoms with Gasteiger partial charge in [-0.2, -0.15) is 0 Å². The largest absolute Gasteiger partial charge is 0.323 e. The molecule has 1 atom stereocenters. The number of aryl methyl sites for hydroxylation is 1. The van der Waals surface area contributed by atoms with Crippen LogP contribution in [-0.2, 0) is 0 Å². The average Bonchev–Trinajstić information content (AvgIpc) is 2.87. The van der Waals surface area contributed by atoms with Crippen LogP contribution in [-0.4, -0.2) is 10.6 Å². The number of hydrogen-bond acceptors (Lipinski definition) is 2. The molecule has 2 aromatic rings. The van der Waals surface area contributed by atoms with E-state index in [0.717, 1.165) is 22.8 Å². The summed E-state index contributed by atoms with van der Waals surface area (Å²) in [6.07, 6.45) is 4.13. The molecule has 0 radical (unpaired) electrons. The second-order valence-electron chi connectivity index (χ2n) is 5.29. The topological polar surface area (TPSA) is 34.2 Å². The molecule has 1 aromatic carbocycles. The molecule has 3 heteroatoms. The monoisotopic (exact) mass is 277 g/mol. The number of aromatic nitrogens is 1. The lowest BCUT2D eigenvalue weighted by molar-refractivity contribution is 0.818. The van der Waals surface area contributed by atoms with Crippen LogP contribution in [0.1, 0.15) is 18.2 Å². The number of benzene rings is 1. The van der Waals surface area contributed by atoms with Crippen molar-refractivity contribution < 1.29 is 0 Å². The second kappa shape index (κ2) is 5.13. The van der Waals surface area contributed by atoms with Crippen LogP contribution in [0.25, 0.3) is 11.9 Å². The van der Waals surface area contributed by atoms with Crippen molar-refractivity contribution in [3.05, 3.63) is 71.9 Å². The van der Waals surface area contributed by atoms with Crippen LogP contribution >= 0.6 is 0 Å². The number of para-hydroxylation sites is 1. The van der Waals surface area contributed by atoms with Crippen LogP contribution in [0.4, 0.5) is 5.69 Å². The quantitative estimate of drug-likeness (QED) is 0.851. The van der Waals surface area contributed by atoms with Gasteiger partial charge in [-0.15, -0.1) is 5.73 Å². The highest BCUT2D eigenvalue weighted by Crippen LogP contribution is 2.36. The fourth-order valence-electron chi connectivity index (χ4n) is 2.74. The Labute approximate surface area is 125 Å². The molecule has 106 valence electrons. The predicted molar refractivity (Wildman–Crippen MR) is 88.6 cm³/mol. The summed E-state index contributed by atoms with van der Waals surface area (Å²) in [7, 11) is 0. The van der Waals surface area contributed by atoms with E-state index < -0.39 is 0 Å². The number of rotatable bonds is 2. The average molecular weight is 277 g/mol. The normalized spacial score (nSPS) is 15.3. The third-order valence-electron chi connectivity index (χ3n) is 3.74. The third kappa shape index (κ3) is 2.13. The Morgan fingerprint density at radius 2 is 1.90 bits per heavy atom. The molecular weight excluding hydrogens is 258 g/mol. The second-order valence-corrected chi connectivity index (χ2v) is 5.29. The first kappa shape index (κ1) is 13.5. The van der Waals surface area contributed by atoms with Gasteiger partial charge in [-0.05, 0) is 37.6 Å². The highest BCUT2D eigenvalue weighted by molar-refractivity contribution is 5.87. The molecule has 0 saturated carbocycles. The van der Waals surface area contributed by atoms with Crippen LogP contribution in [0.2, 0.25) is 0 Å². The van der Waals surface area contributed by atoms with Crippen molar-refractivity contribution in [2.75, 3.05) is 4.90 Å². The van der Waals surface area contributed by atoms with Gasteiger partial charge < -0.3 is 15.2 Å². The lowest BCUT2D eigenvalue weighted by Gasteiger charge is -2.34. The molecule has 0 bridgehead atoms. The van der Waals surface area contributed by atoms with Gasteiger partial charge in [0.1, 0.15) is 5.70 Å². The van der Waals surface area contributed by atoms with E-state index in [2.05, 4.69) is 53.1 Å². The van der Waals surface area contributed by atoms with Crippen molar-refractivity contribution in [1.82, 2.24) is 4.57 Å². The minimum Gasteiger partial charge on any atom is -0.323 e. The summed E-state index contributed by atoms with van der Waals surface area (Å²) in [4.78, 5) is 2.14. The van der Waals surface area contributed by atoms with Gasteiger partial charge in [0.2, 0.25) is 0 Å². The molecule has 2 heterocycles. The SMILES string of the molecule is C=C=C1c2c(C)ccn2C=C(C(C)N)N1c1ccccc1. The first-order chi connectivity index (χ1) is 10.1. The van der Waals surface area contributed by atoms with E-state index >= 15 is 0 Å². The van der Waals surface area contributed by atoms with Crippen molar-refractivity contribution in [2.45, 2.75) is 19.9 Å². The molecule has 0 spiro atoms. The fraction of sp³-hybridized carbons (Fsp3) is 0.167. The summed E-state index contributed by atoms with van der Waals surface area (Å²) < 4.78 is 2.10. The van der Waals surface area contributed by atoms with Gasteiger partial charge in [0, 0.05) is 24.1 Å². The maximum Gasteiger partial charge on any atom is 0.113 e. The number of nitrogens with zero attached hydrogens (tertiary/aromatic N) is 2. The lowest BCUT2D eigenvalue weighted by Crippen LogP contribution is -2.35. The van der Waals surface area contributed by atoms with Crippen LogP contribution < -0.4 is 10.6 Å². The molecule has 1 aliphatic heterocycles. The maximum atomic E-state index is 6.19. The highest BCUT2D eigenvalue weighted by atomic mass is 15.2. The molecule has 21 heavy (non-hydrogen) atoms. The summed E-state index contributed by atoms with van der Waals surface area (Å²) in [6.45, 7) is 7.97. The van der Waals surface area contributed by atoms with Crippen molar-refractivity contribution in [2.24, 2.45) is 5.73 Å². The number of hydrogen-bond donors (Lipinski definition) is 1. The van der Waals surface area contributed by atoms with E-state index in [1.165, 1.54) is 5.56 Å². The Balaban J connectivity index is 2.27. The summed E-state index contributed by atoms with van der Waals surface area (Å²) >= 11 is 0. The first-order valence-corrected chi connectivity index (χ1v) is 7.04. The summed E-state index contributed by atoms with van der Waals surface area (Å²) in [6, 6.07) is 12.2. The molecular formula is C18H19N3. The Kier molecular flexibility index (Phi) is 3.30. The van der Waals surface area contributed by atoms with Gasteiger partial charge in [-0.1, -0.05) is 24.8 Å². The zero-order valence-corrected chi connectivity index (χ0v) is 12.4. The van der Waals surface area contributed by atoms with Crippen LogP contribution in [0.15, 0.2) is 60.6 Å². The molecule has 0 amide bonds. The van der Waals surface area contributed by atoms with Crippen molar-refractivity contribution >= 4 is 17.6 Å². The zero-order valence-electron chi connectivity index (χ0n) is 12.4. The Hall–Kier alpha value is -2.48. The molecule has 1 aromatic heterocycles. The molecule has 0 fully saturated rings. The standard InChI is InChI=1S/C18H19N3/c1-4-16-18-13(2)10-11-20(18)12-17(14(3)19)21(16)15-8-6-5-7-9-15/h5-12,14H,1,19H2,2-3H3.